The van der Waals surface area contributed by atoms with Crippen LogP contribution in [-0.4, -0.2) is 29.5 Å². The van der Waals surface area contributed by atoms with Gasteiger partial charge in [0, 0.05) is 19.3 Å². The van der Waals surface area contributed by atoms with E-state index in [-0.39, 0.29) is 29.9 Å². The molecule has 1 N–H and O–H groups in total. The smallest absolute Gasteiger partial charge is 0.306 e. The van der Waals surface area contributed by atoms with Gasteiger partial charge in [0.2, 0.25) is 5.91 Å². The zero-order valence-corrected chi connectivity index (χ0v) is 21.8. The van der Waals surface area contributed by atoms with Crippen molar-refractivity contribution in [2.24, 2.45) is 0 Å². The lowest BCUT2D eigenvalue weighted by atomic mass is 10.0. The monoisotopic (exact) mass is 487 g/mol. The van der Waals surface area contributed by atoms with E-state index in [0.29, 0.717) is 19.4 Å². The van der Waals surface area contributed by atoms with Crippen molar-refractivity contribution in [1.82, 2.24) is 5.32 Å². The van der Waals surface area contributed by atoms with Crippen molar-refractivity contribution < 1.29 is 23.9 Å². The molecule has 0 aliphatic heterocycles. The molecule has 1 atom stereocenters. The molecular formula is C29H45NO5. The maximum Gasteiger partial charge on any atom is 0.306 e. The number of ketones is 2. The van der Waals surface area contributed by atoms with E-state index in [1.165, 1.54) is 58.8 Å². The number of hydrogen-bond acceptors (Lipinski definition) is 5. The topological polar surface area (TPSA) is 89.5 Å². The van der Waals surface area contributed by atoms with Gasteiger partial charge < -0.3 is 10.1 Å². The highest BCUT2D eigenvalue weighted by Gasteiger charge is 2.18. The predicted octanol–water partition coefficient (Wildman–Crippen LogP) is 6.24. The van der Waals surface area contributed by atoms with E-state index in [9.17, 15) is 19.2 Å². The molecule has 0 aliphatic rings. The van der Waals surface area contributed by atoms with E-state index in [1.54, 1.807) is 0 Å². The first kappa shape index (κ1) is 30.5. The lowest BCUT2D eigenvalue weighted by Gasteiger charge is -2.14. The third kappa shape index (κ3) is 17.6. The Hall–Kier alpha value is -2.50. The van der Waals surface area contributed by atoms with E-state index in [4.69, 9.17) is 4.74 Å². The molecular weight excluding hydrogens is 442 g/mol. The molecule has 1 amide bonds. The van der Waals surface area contributed by atoms with Gasteiger partial charge in [-0.2, -0.15) is 0 Å². The number of carbonyl (C=O) groups excluding carboxylic acids is 4. The highest BCUT2D eigenvalue weighted by atomic mass is 16.5. The molecule has 6 nitrogen and oxygen atoms in total. The standard InChI is InChI=1S/C29H45NO5/c1-24(31)22-27(25(2)32)30-28(33)20-16-11-9-7-5-3-4-6-8-10-12-17-21-29(34)35-23-26-18-14-13-15-19-26/h13-15,18-19,27H,3-12,16-17,20-23H2,1-2H3,(H,30,33)/t27-/m0/s1. The minimum Gasteiger partial charge on any atom is -0.461 e. The molecule has 0 saturated carbocycles. The molecule has 196 valence electrons. The third-order valence-corrected chi connectivity index (χ3v) is 6.09. The van der Waals surface area contributed by atoms with E-state index in [2.05, 4.69) is 5.32 Å². The van der Waals surface area contributed by atoms with E-state index >= 15 is 0 Å². The van der Waals surface area contributed by atoms with Gasteiger partial charge in [0.15, 0.2) is 5.78 Å². The third-order valence-electron chi connectivity index (χ3n) is 6.09. The lowest BCUT2D eigenvalue weighted by molar-refractivity contribution is -0.145. The Labute approximate surface area is 211 Å². The van der Waals surface area contributed by atoms with Gasteiger partial charge in [-0.25, -0.2) is 0 Å². The van der Waals surface area contributed by atoms with Crippen LogP contribution in [0.1, 0.15) is 116 Å². The first-order chi connectivity index (χ1) is 16.9. The number of Topliss-reactive ketones (excluding diaryl/α,β-unsaturated/α-hetero) is 2. The zero-order valence-electron chi connectivity index (χ0n) is 21.8. The van der Waals surface area contributed by atoms with Gasteiger partial charge in [-0.05, 0) is 32.3 Å². The fraction of sp³-hybridized carbons (Fsp3) is 0.655. The molecule has 1 aromatic carbocycles. The molecule has 35 heavy (non-hydrogen) atoms. The van der Waals surface area contributed by atoms with Gasteiger partial charge in [-0.1, -0.05) is 94.5 Å². The quantitative estimate of drug-likeness (QED) is 0.164. The summed E-state index contributed by atoms with van der Waals surface area (Å²) in [5.41, 5.74) is 1.02. The van der Waals surface area contributed by atoms with Gasteiger partial charge in [0.1, 0.15) is 12.4 Å². The molecule has 0 aliphatic carbocycles. The summed E-state index contributed by atoms with van der Waals surface area (Å²) in [4.78, 5) is 46.4. The molecule has 0 radical (unpaired) electrons. The average Bonchev–Trinajstić information content (AvgIpc) is 2.82. The summed E-state index contributed by atoms with van der Waals surface area (Å²) in [6.45, 7) is 3.19. The van der Waals surface area contributed by atoms with Crippen molar-refractivity contribution in [3.05, 3.63) is 35.9 Å². The van der Waals surface area contributed by atoms with Gasteiger partial charge >= 0.3 is 5.97 Å². The molecule has 0 heterocycles. The van der Waals surface area contributed by atoms with Crippen LogP contribution in [0.3, 0.4) is 0 Å². The Morgan fingerprint density at radius 3 is 1.69 bits per heavy atom. The first-order valence-corrected chi connectivity index (χ1v) is 13.4. The average molecular weight is 488 g/mol. The highest BCUT2D eigenvalue weighted by molar-refractivity contribution is 5.91. The second kappa shape index (κ2) is 19.8. The van der Waals surface area contributed by atoms with Gasteiger partial charge in [-0.3, -0.25) is 19.2 Å². The molecule has 6 heteroatoms. The van der Waals surface area contributed by atoms with Crippen molar-refractivity contribution in [1.29, 1.82) is 0 Å². The van der Waals surface area contributed by atoms with Crippen molar-refractivity contribution in [3.8, 4) is 0 Å². The Kier molecular flexibility index (Phi) is 17.2. The van der Waals surface area contributed by atoms with Crippen LogP contribution in [-0.2, 0) is 30.5 Å². The Bertz CT molecular complexity index is 747. The van der Waals surface area contributed by atoms with Crippen LogP contribution in [0.4, 0.5) is 0 Å². The normalized spacial score (nSPS) is 11.6. The van der Waals surface area contributed by atoms with Gasteiger partial charge in [-0.15, -0.1) is 0 Å². The summed E-state index contributed by atoms with van der Waals surface area (Å²) < 4.78 is 5.30. The van der Waals surface area contributed by atoms with E-state index in [0.717, 1.165) is 37.7 Å². The highest BCUT2D eigenvalue weighted by Crippen LogP contribution is 2.13. The predicted molar refractivity (Wildman–Crippen MR) is 139 cm³/mol. The number of nitrogens with one attached hydrogen (secondary N) is 1. The molecule has 1 aromatic rings. The molecule has 0 saturated heterocycles. The second-order valence-electron chi connectivity index (χ2n) is 9.53. The Morgan fingerprint density at radius 2 is 1.20 bits per heavy atom. The molecule has 0 aromatic heterocycles. The fourth-order valence-electron chi connectivity index (χ4n) is 3.98. The van der Waals surface area contributed by atoms with Crippen molar-refractivity contribution in [3.63, 3.8) is 0 Å². The summed E-state index contributed by atoms with van der Waals surface area (Å²) in [6, 6.07) is 9.08. The second-order valence-corrected chi connectivity index (χ2v) is 9.53. The molecule has 0 unspecified atom stereocenters. The van der Waals surface area contributed by atoms with Crippen LogP contribution < -0.4 is 5.32 Å². The summed E-state index contributed by atoms with van der Waals surface area (Å²) in [6.07, 6.45) is 14.5. The molecule has 1 rings (SSSR count). The van der Waals surface area contributed by atoms with Crippen molar-refractivity contribution >= 4 is 23.4 Å². The maximum atomic E-state index is 12.0. The number of esters is 1. The minimum absolute atomic E-state index is 0.0743. The van der Waals surface area contributed by atoms with Crippen LogP contribution in [0, 0.1) is 0 Å². The Morgan fingerprint density at radius 1 is 0.714 bits per heavy atom. The number of unbranched alkanes of at least 4 members (excludes halogenated alkanes) is 11. The summed E-state index contributed by atoms with van der Waals surface area (Å²) >= 11 is 0. The minimum atomic E-state index is -0.679. The summed E-state index contributed by atoms with van der Waals surface area (Å²) in [5, 5.41) is 2.68. The lowest BCUT2D eigenvalue weighted by Crippen LogP contribution is -2.40. The number of ether oxygens (including phenoxy) is 1. The first-order valence-electron chi connectivity index (χ1n) is 13.4. The van der Waals surface area contributed by atoms with Gasteiger partial charge in [0.05, 0.1) is 6.04 Å². The van der Waals surface area contributed by atoms with Crippen molar-refractivity contribution in [2.75, 3.05) is 0 Å². The number of rotatable bonds is 21. The van der Waals surface area contributed by atoms with Crippen LogP contribution in [0.25, 0.3) is 0 Å². The van der Waals surface area contributed by atoms with Crippen LogP contribution in [0.15, 0.2) is 30.3 Å². The van der Waals surface area contributed by atoms with Gasteiger partial charge in [0.25, 0.3) is 0 Å². The number of amides is 1. The summed E-state index contributed by atoms with van der Waals surface area (Å²) in [7, 11) is 0. The maximum absolute atomic E-state index is 12.0. The van der Waals surface area contributed by atoms with E-state index in [1.807, 2.05) is 30.3 Å². The number of carbonyl (C=O) groups is 4. The number of hydrogen-bond donors (Lipinski definition) is 1. The molecule has 0 bridgehead atoms. The number of benzene rings is 1. The van der Waals surface area contributed by atoms with E-state index < -0.39 is 6.04 Å². The van der Waals surface area contributed by atoms with Crippen LogP contribution in [0.2, 0.25) is 0 Å². The summed E-state index contributed by atoms with van der Waals surface area (Å²) in [5.74, 6) is -0.520. The van der Waals surface area contributed by atoms with Crippen molar-refractivity contribution in [2.45, 2.75) is 123 Å². The molecule has 0 spiro atoms. The van der Waals surface area contributed by atoms with Crippen LogP contribution in [0.5, 0.6) is 0 Å². The SMILES string of the molecule is CC(=O)C[C@H](NC(=O)CCCCCCCCCCCCCCC(=O)OCc1ccccc1)C(C)=O. The zero-order chi connectivity index (χ0) is 25.7. The van der Waals surface area contributed by atoms with Crippen LogP contribution >= 0.6 is 0 Å². The largest absolute Gasteiger partial charge is 0.461 e. The fourth-order valence-corrected chi connectivity index (χ4v) is 3.98. The Balaban J connectivity index is 1.86. The molecule has 0 fully saturated rings.